The molecular weight excluding hydrogens is 244 g/mol. The van der Waals surface area contributed by atoms with Crippen LogP contribution in [0.25, 0.3) is 0 Å². The molecule has 2 aliphatic rings. The number of para-hydroxylation sites is 1. The topological polar surface area (TPSA) is 62.6 Å². The van der Waals surface area contributed by atoms with Gasteiger partial charge >= 0.3 is 0 Å². The first-order chi connectivity index (χ1) is 9.25. The number of Topliss-reactive ketones (excluding diaryl/α,β-unsaturated/α-hetero) is 1. The number of carbonyl (C=O) groups is 1. The maximum absolute atomic E-state index is 12.4. The van der Waals surface area contributed by atoms with E-state index in [2.05, 4.69) is 0 Å². The minimum absolute atomic E-state index is 0.0878. The fraction of sp³-hybridized carbons (Fsp3) is 0.286. The highest BCUT2D eigenvalue weighted by Gasteiger charge is 2.28. The fourth-order valence-electron chi connectivity index (χ4n) is 2.16. The van der Waals surface area contributed by atoms with Crippen molar-refractivity contribution in [3.05, 3.63) is 41.6 Å². The summed E-state index contributed by atoms with van der Waals surface area (Å²) >= 11 is 0. The lowest BCUT2D eigenvalue weighted by molar-refractivity contribution is 0.0588. The zero-order chi connectivity index (χ0) is 13.2. The monoisotopic (exact) mass is 258 g/mol. The van der Waals surface area contributed by atoms with E-state index in [1.54, 1.807) is 30.5 Å². The van der Waals surface area contributed by atoms with Gasteiger partial charge in [0.05, 0.1) is 18.8 Å². The average Bonchev–Trinajstić information content (AvgIpc) is 2.45. The van der Waals surface area contributed by atoms with Gasteiger partial charge in [0, 0.05) is 19.3 Å². The Morgan fingerprint density at radius 1 is 1.21 bits per heavy atom. The quantitative estimate of drug-likeness (QED) is 0.774. The van der Waals surface area contributed by atoms with Gasteiger partial charge in [-0.1, -0.05) is 12.1 Å². The number of rotatable bonds is 1. The van der Waals surface area contributed by atoms with Crippen molar-refractivity contribution < 1.29 is 14.3 Å². The van der Waals surface area contributed by atoms with Crippen molar-refractivity contribution in [3.8, 4) is 5.75 Å². The molecule has 0 saturated carbocycles. The van der Waals surface area contributed by atoms with E-state index in [9.17, 15) is 4.79 Å². The summed E-state index contributed by atoms with van der Waals surface area (Å²) in [6, 6.07) is 7.00. The number of ketones is 1. The maximum Gasteiger partial charge on any atom is 0.224 e. The van der Waals surface area contributed by atoms with Gasteiger partial charge in [0.2, 0.25) is 11.7 Å². The molecule has 1 saturated heterocycles. The van der Waals surface area contributed by atoms with Crippen LogP contribution in [-0.2, 0) is 4.74 Å². The SMILES string of the molecule is N=C1Oc2ccccc2C(=O)/C1=C/N1CCOCC1. The summed E-state index contributed by atoms with van der Waals surface area (Å²) in [7, 11) is 0. The van der Waals surface area contributed by atoms with Crippen LogP contribution >= 0.6 is 0 Å². The molecule has 0 bridgehead atoms. The minimum atomic E-state index is -0.154. The lowest BCUT2D eigenvalue weighted by Gasteiger charge is -2.27. The Kier molecular flexibility index (Phi) is 3.05. The molecule has 3 rings (SSSR count). The van der Waals surface area contributed by atoms with Crippen molar-refractivity contribution in [1.82, 2.24) is 4.90 Å². The summed E-state index contributed by atoms with van der Waals surface area (Å²) in [5.74, 6) is 0.213. The van der Waals surface area contributed by atoms with Crippen LogP contribution in [0, 0.1) is 5.41 Å². The van der Waals surface area contributed by atoms with E-state index < -0.39 is 0 Å². The number of ether oxygens (including phenoxy) is 2. The molecule has 0 radical (unpaired) electrons. The van der Waals surface area contributed by atoms with Gasteiger partial charge in [-0.2, -0.15) is 0 Å². The predicted octanol–water partition coefficient (Wildman–Crippen LogP) is 1.46. The molecule has 0 spiro atoms. The van der Waals surface area contributed by atoms with Crippen LogP contribution in [0.4, 0.5) is 0 Å². The number of morpholine rings is 1. The van der Waals surface area contributed by atoms with E-state index in [0.717, 1.165) is 13.1 Å². The first kappa shape index (κ1) is 11.9. The molecule has 1 aromatic rings. The summed E-state index contributed by atoms with van der Waals surface area (Å²) in [5, 5.41) is 7.86. The Labute approximate surface area is 110 Å². The third-order valence-corrected chi connectivity index (χ3v) is 3.19. The Bertz CT molecular complexity index is 560. The molecule has 1 fully saturated rings. The lowest BCUT2D eigenvalue weighted by Crippen LogP contribution is -2.34. The van der Waals surface area contributed by atoms with Crippen molar-refractivity contribution >= 4 is 11.7 Å². The van der Waals surface area contributed by atoms with Crippen LogP contribution in [0.15, 0.2) is 36.0 Å². The Balaban J connectivity index is 1.92. The van der Waals surface area contributed by atoms with Crippen LogP contribution in [0.3, 0.4) is 0 Å². The van der Waals surface area contributed by atoms with E-state index >= 15 is 0 Å². The highest BCUT2D eigenvalue weighted by atomic mass is 16.5. The second-order valence-corrected chi connectivity index (χ2v) is 4.45. The van der Waals surface area contributed by atoms with Gasteiger partial charge < -0.3 is 14.4 Å². The molecule has 2 heterocycles. The van der Waals surface area contributed by atoms with Gasteiger partial charge in [-0.15, -0.1) is 0 Å². The summed E-state index contributed by atoms with van der Waals surface area (Å²) in [5.41, 5.74) is 0.818. The van der Waals surface area contributed by atoms with Crippen LogP contribution in [0.5, 0.6) is 5.75 Å². The zero-order valence-corrected chi connectivity index (χ0v) is 10.4. The number of nitrogens with one attached hydrogen (secondary N) is 1. The predicted molar refractivity (Wildman–Crippen MR) is 69.6 cm³/mol. The van der Waals surface area contributed by atoms with Crippen molar-refractivity contribution in [2.24, 2.45) is 0 Å². The Hall–Kier alpha value is -2.14. The number of carbonyl (C=O) groups excluding carboxylic acids is 1. The molecule has 0 unspecified atom stereocenters. The highest BCUT2D eigenvalue weighted by molar-refractivity contribution is 6.28. The van der Waals surface area contributed by atoms with Gasteiger partial charge in [-0.3, -0.25) is 10.2 Å². The third kappa shape index (κ3) is 2.24. The molecule has 0 amide bonds. The van der Waals surface area contributed by atoms with E-state index in [1.807, 2.05) is 4.90 Å². The van der Waals surface area contributed by atoms with Gasteiger partial charge in [-0.05, 0) is 12.1 Å². The molecule has 98 valence electrons. The number of benzene rings is 1. The normalized spacial score (nSPS) is 21.3. The van der Waals surface area contributed by atoms with Crippen molar-refractivity contribution in [2.45, 2.75) is 0 Å². The molecule has 2 aliphatic heterocycles. The third-order valence-electron chi connectivity index (χ3n) is 3.19. The minimum Gasteiger partial charge on any atom is -0.438 e. The van der Waals surface area contributed by atoms with E-state index in [0.29, 0.717) is 30.1 Å². The second kappa shape index (κ2) is 4.85. The van der Waals surface area contributed by atoms with E-state index in [4.69, 9.17) is 14.9 Å². The van der Waals surface area contributed by atoms with Gasteiger partial charge in [-0.25, -0.2) is 0 Å². The van der Waals surface area contributed by atoms with Crippen molar-refractivity contribution in [1.29, 1.82) is 5.41 Å². The first-order valence-electron chi connectivity index (χ1n) is 6.20. The summed E-state index contributed by atoms with van der Waals surface area (Å²) in [4.78, 5) is 14.3. The zero-order valence-electron chi connectivity index (χ0n) is 10.4. The number of fused-ring (bicyclic) bond motifs is 1. The van der Waals surface area contributed by atoms with Crippen molar-refractivity contribution in [3.63, 3.8) is 0 Å². The summed E-state index contributed by atoms with van der Waals surface area (Å²) in [6.45, 7) is 2.74. The molecule has 5 heteroatoms. The maximum atomic E-state index is 12.4. The van der Waals surface area contributed by atoms with Crippen LogP contribution in [0.2, 0.25) is 0 Å². The standard InChI is InChI=1S/C14H14N2O3/c15-14-11(9-16-5-7-18-8-6-16)13(17)10-3-1-2-4-12(10)19-14/h1-4,9,15H,5-8H2/b11-9-,15-14?. The molecular formula is C14H14N2O3. The second-order valence-electron chi connectivity index (χ2n) is 4.45. The largest absolute Gasteiger partial charge is 0.438 e. The number of nitrogens with zero attached hydrogens (tertiary/aromatic N) is 1. The number of hydrogen-bond donors (Lipinski definition) is 1. The molecule has 19 heavy (non-hydrogen) atoms. The van der Waals surface area contributed by atoms with Gasteiger partial charge in [0.25, 0.3) is 0 Å². The lowest BCUT2D eigenvalue weighted by atomic mass is 10.00. The molecule has 0 aromatic heterocycles. The summed E-state index contributed by atoms with van der Waals surface area (Å²) < 4.78 is 10.7. The highest BCUT2D eigenvalue weighted by Crippen LogP contribution is 2.27. The molecule has 5 nitrogen and oxygen atoms in total. The van der Waals surface area contributed by atoms with Gasteiger partial charge in [0.1, 0.15) is 11.3 Å². The molecule has 1 aromatic carbocycles. The molecule has 0 aliphatic carbocycles. The molecule has 1 N–H and O–H groups in total. The van der Waals surface area contributed by atoms with E-state index in [-0.39, 0.29) is 11.7 Å². The average molecular weight is 258 g/mol. The van der Waals surface area contributed by atoms with Crippen molar-refractivity contribution in [2.75, 3.05) is 26.3 Å². The van der Waals surface area contributed by atoms with Crippen LogP contribution in [-0.4, -0.2) is 42.9 Å². The molecule has 0 atom stereocenters. The Morgan fingerprint density at radius 3 is 2.74 bits per heavy atom. The van der Waals surface area contributed by atoms with Crippen LogP contribution < -0.4 is 4.74 Å². The first-order valence-corrected chi connectivity index (χ1v) is 6.20. The van der Waals surface area contributed by atoms with Crippen LogP contribution in [0.1, 0.15) is 10.4 Å². The van der Waals surface area contributed by atoms with E-state index in [1.165, 1.54) is 0 Å². The summed E-state index contributed by atoms with van der Waals surface area (Å²) in [6.07, 6.45) is 1.71. The Morgan fingerprint density at radius 2 is 1.95 bits per heavy atom. The smallest absolute Gasteiger partial charge is 0.224 e. The van der Waals surface area contributed by atoms with Gasteiger partial charge in [0.15, 0.2) is 0 Å². The number of hydrogen-bond acceptors (Lipinski definition) is 5. The fourth-order valence-corrected chi connectivity index (χ4v) is 2.16.